The molecule has 0 atom stereocenters. The second-order valence-corrected chi connectivity index (χ2v) is 5.50. The molecule has 1 aliphatic rings. The van der Waals surface area contributed by atoms with Crippen molar-refractivity contribution in [2.75, 3.05) is 13.1 Å². The van der Waals surface area contributed by atoms with Gasteiger partial charge in [0.15, 0.2) is 0 Å². The number of rotatable bonds is 2. The van der Waals surface area contributed by atoms with E-state index in [0.29, 0.717) is 12.8 Å². The van der Waals surface area contributed by atoms with Crippen LogP contribution >= 0.6 is 0 Å². The summed E-state index contributed by atoms with van der Waals surface area (Å²) in [7, 11) is 0. The van der Waals surface area contributed by atoms with E-state index >= 15 is 0 Å². The Morgan fingerprint density at radius 2 is 1.57 bits per heavy atom. The minimum Gasteiger partial charge on any atom is -0.426 e. The molecule has 0 bridgehead atoms. The van der Waals surface area contributed by atoms with Gasteiger partial charge in [0.1, 0.15) is 0 Å². The summed E-state index contributed by atoms with van der Waals surface area (Å²) in [5.41, 5.74) is -0.0514. The highest BCUT2D eigenvalue weighted by Gasteiger charge is 2.60. The number of hydrogen-bond acceptors (Lipinski definition) is 2. The zero-order valence-electron chi connectivity index (χ0n) is 11.6. The third kappa shape index (κ3) is 4.67. The summed E-state index contributed by atoms with van der Waals surface area (Å²) in [4.78, 5) is 12.4. The molecule has 21 heavy (non-hydrogen) atoms. The van der Waals surface area contributed by atoms with Crippen molar-refractivity contribution in [3.05, 3.63) is 0 Å². The maximum atomic E-state index is 12.3. The van der Waals surface area contributed by atoms with Crippen LogP contribution in [0.5, 0.6) is 0 Å². The number of carbonyl (C=O) groups is 1. The largest absolute Gasteiger partial charge is 0.434 e. The minimum atomic E-state index is -5.68. The van der Waals surface area contributed by atoms with Crippen LogP contribution in [0.3, 0.4) is 0 Å². The first-order valence-corrected chi connectivity index (χ1v) is 6.48. The lowest BCUT2D eigenvalue weighted by Crippen LogP contribution is -2.50. The van der Waals surface area contributed by atoms with Crippen molar-refractivity contribution in [1.29, 1.82) is 0 Å². The average Bonchev–Trinajstić information content (AvgIpc) is 2.34. The average molecular weight is 321 g/mol. The van der Waals surface area contributed by atoms with Crippen LogP contribution in [0.25, 0.3) is 0 Å². The van der Waals surface area contributed by atoms with Crippen molar-refractivity contribution in [1.82, 2.24) is 4.90 Å². The number of halogens is 6. The smallest absolute Gasteiger partial charge is 0.426 e. The molecule has 0 aliphatic carbocycles. The Balaban J connectivity index is 2.68. The number of hydrogen-bond donors (Lipinski definition) is 0. The Morgan fingerprint density at radius 1 is 1.14 bits per heavy atom. The Morgan fingerprint density at radius 3 is 1.90 bits per heavy atom. The van der Waals surface area contributed by atoms with Gasteiger partial charge >= 0.3 is 18.4 Å². The van der Waals surface area contributed by atoms with Gasteiger partial charge in [-0.1, -0.05) is 20.3 Å². The van der Waals surface area contributed by atoms with Crippen LogP contribution in [-0.4, -0.2) is 42.5 Å². The maximum Gasteiger partial charge on any atom is 0.434 e. The van der Waals surface area contributed by atoms with Gasteiger partial charge in [0.05, 0.1) is 0 Å². The van der Waals surface area contributed by atoms with Crippen molar-refractivity contribution in [2.45, 2.75) is 51.6 Å². The number of alkyl halides is 6. The molecule has 1 amide bonds. The van der Waals surface area contributed by atoms with E-state index < -0.39 is 24.5 Å². The van der Waals surface area contributed by atoms with Crippen molar-refractivity contribution in [3.63, 3.8) is 0 Å². The predicted octanol–water partition coefficient (Wildman–Crippen LogP) is 4.13. The van der Waals surface area contributed by atoms with Crippen molar-refractivity contribution in [2.24, 2.45) is 5.41 Å². The monoisotopic (exact) mass is 321 g/mol. The molecule has 9 heteroatoms. The molecule has 3 nitrogen and oxygen atoms in total. The maximum absolute atomic E-state index is 12.3. The number of amides is 1. The highest BCUT2D eigenvalue weighted by molar-refractivity contribution is 5.68. The molecule has 1 heterocycles. The summed E-state index contributed by atoms with van der Waals surface area (Å²) in [5.74, 6) is 0. The lowest BCUT2D eigenvalue weighted by Gasteiger charge is -2.38. The van der Waals surface area contributed by atoms with Crippen LogP contribution in [0.1, 0.15) is 33.1 Å². The topological polar surface area (TPSA) is 29.5 Å². The zero-order valence-corrected chi connectivity index (χ0v) is 11.6. The Hall–Kier alpha value is -1.15. The number of piperidine rings is 1. The summed E-state index contributed by atoms with van der Waals surface area (Å²) in [5, 5.41) is 0. The highest BCUT2D eigenvalue weighted by atomic mass is 19.4. The Bertz CT molecular complexity index is 357. The summed E-state index contributed by atoms with van der Waals surface area (Å²) in [6.45, 7) is 4.08. The van der Waals surface area contributed by atoms with E-state index in [1.807, 2.05) is 13.8 Å². The van der Waals surface area contributed by atoms with Gasteiger partial charge in [-0.15, -0.1) is 0 Å². The van der Waals surface area contributed by atoms with E-state index in [-0.39, 0.29) is 18.5 Å². The van der Waals surface area contributed by atoms with Crippen LogP contribution in [0.15, 0.2) is 0 Å². The fourth-order valence-electron chi connectivity index (χ4n) is 2.08. The molecule has 0 aromatic rings. The first kappa shape index (κ1) is 17.9. The van der Waals surface area contributed by atoms with Gasteiger partial charge in [-0.05, 0) is 18.3 Å². The van der Waals surface area contributed by atoms with E-state index in [0.717, 1.165) is 11.3 Å². The SMILES string of the molecule is CCC1(C)CCN(C(=O)OC(C(F)(F)F)C(F)(F)F)CC1. The second-order valence-electron chi connectivity index (χ2n) is 5.50. The zero-order chi connectivity index (χ0) is 16.5. The first-order chi connectivity index (χ1) is 9.39. The van der Waals surface area contributed by atoms with Gasteiger partial charge in [0, 0.05) is 13.1 Å². The van der Waals surface area contributed by atoms with Gasteiger partial charge in [-0.3, -0.25) is 0 Å². The van der Waals surface area contributed by atoms with Crippen LogP contribution in [-0.2, 0) is 4.74 Å². The fraction of sp³-hybridized carbons (Fsp3) is 0.917. The van der Waals surface area contributed by atoms with Crippen molar-refractivity contribution in [3.8, 4) is 0 Å². The van der Waals surface area contributed by atoms with Crippen LogP contribution in [0.2, 0.25) is 0 Å². The molecule has 1 rings (SSSR count). The first-order valence-electron chi connectivity index (χ1n) is 6.48. The third-order valence-electron chi connectivity index (χ3n) is 3.90. The molecule has 0 N–H and O–H groups in total. The number of ether oxygens (including phenoxy) is 1. The predicted molar refractivity (Wildman–Crippen MR) is 61.6 cm³/mol. The van der Waals surface area contributed by atoms with Crippen LogP contribution in [0, 0.1) is 5.41 Å². The molecule has 0 spiro atoms. The van der Waals surface area contributed by atoms with E-state index in [1.165, 1.54) is 0 Å². The lowest BCUT2D eigenvalue weighted by molar-refractivity contribution is -0.308. The minimum absolute atomic E-state index is 0.0514. The quantitative estimate of drug-likeness (QED) is 0.716. The van der Waals surface area contributed by atoms with Crippen molar-refractivity contribution < 1.29 is 35.9 Å². The van der Waals surface area contributed by atoms with Gasteiger partial charge in [0.2, 0.25) is 0 Å². The summed E-state index contributed by atoms with van der Waals surface area (Å²) >= 11 is 0. The van der Waals surface area contributed by atoms with E-state index in [9.17, 15) is 31.1 Å². The number of likely N-dealkylation sites (tertiary alicyclic amines) is 1. The molecule has 1 saturated heterocycles. The van der Waals surface area contributed by atoms with E-state index in [2.05, 4.69) is 4.74 Å². The molecule has 1 aliphatic heterocycles. The normalized spacial score (nSPS) is 19.8. The Kier molecular flexibility index (Phi) is 5.05. The van der Waals surface area contributed by atoms with E-state index in [1.54, 1.807) is 0 Å². The van der Waals surface area contributed by atoms with Gasteiger partial charge < -0.3 is 9.64 Å². The van der Waals surface area contributed by atoms with Gasteiger partial charge in [0.25, 0.3) is 6.10 Å². The summed E-state index contributed by atoms with van der Waals surface area (Å²) < 4.78 is 77.5. The van der Waals surface area contributed by atoms with E-state index in [4.69, 9.17) is 0 Å². The molecule has 124 valence electrons. The van der Waals surface area contributed by atoms with Gasteiger partial charge in [-0.25, -0.2) is 4.79 Å². The third-order valence-corrected chi connectivity index (χ3v) is 3.90. The Labute approximate surface area is 118 Å². The molecule has 0 unspecified atom stereocenters. The molecule has 0 saturated carbocycles. The van der Waals surface area contributed by atoms with Crippen LogP contribution < -0.4 is 0 Å². The lowest BCUT2D eigenvalue weighted by atomic mass is 9.78. The molecular weight excluding hydrogens is 304 g/mol. The molecular formula is C12H17F6NO2. The standard InChI is InChI=1S/C12H17F6NO2/c1-3-10(2)4-6-19(7-5-10)9(20)21-8(11(13,14)15)12(16,17)18/h8H,3-7H2,1-2H3. The second kappa shape index (κ2) is 5.92. The molecule has 1 fully saturated rings. The van der Waals surface area contributed by atoms with Crippen molar-refractivity contribution >= 4 is 6.09 Å². The number of carbonyl (C=O) groups excluding carboxylic acids is 1. The van der Waals surface area contributed by atoms with Crippen LogP contribution in [0.4, 0.5) is 31.1 Å². The summed E-state index contributed by atoms with van der Waals surface area (Å²) in [6.07, 6.45) is -15.2. The summed E-state index contributed by atoms with van der Waals surface area (Å²) in [6, 6.07) is 0. The fourth-order valence-corrected chi connectivity index (χ4v) is 2.08. The highest BCUT2D eigenvalue weighted by Crippen LogP contribution is 2.37. The number of nitrogens with zero attached hydrogens (tertiary/aromatic N) is 1. The van der Waals surface area contributed by atoms with Gasteiger partial charge in [-0.2, -0.15) is 26.3 Å². The molecule has 0 aromatic carbocycles. The molecule has 0 aromatic heterocycles. The molecule has 0 radical (unpaired) electrons.